The second-order valence-electron chi connectivity index (χ2n) is 9.12. The number of aliphatic carboxylic acids is 2. The van der Waals surface area contributed by atoms with Crippen LogP contribution in [0, 0.1) is 0 Å². The fraction of sp³-hybridized carbons (Fsp3) is 0.750. The van der Waals surface area contributed by atoms with Crippen LogP contribution in [0.1, 0.15) is 64.2 Å². The molecule has 12 nitrogen and oxygen atoms in total. The molecule has 0 aliphatic rings. The van der Waals surface area contributed by atoms with E-state index in [-0.39, 0.29) is 24.9 Å². The SMILES string of the molecule is CN(CC(=O)O)C(=O)CN(C)C(=O)CCCCCCCCCCC(=O)N(C)CC(=O)N(C)CC(=O)O. The van der Waals surface area contributed by atoms with Crippen LogP contribution in [0.3, 0.4) is 0 Å². The van der Waals surface area contributed by atoms with Gasteiger partial charge in [-0.1, -0.05) is 38.5 Å². The summed E-state index contributed by atoms with van der Waals surface area (Å²) in [4.78, 5) is 74.2. The zero-order valence-corrected chi connectivity index (χ0v) is 22.0. The van der Waals surface area contributed by atoms with Crippen molar-refractivity contribution < 1.29 is 39.0 Å². The first-order chi connectivity index (χ1) is 16.8. The van der Waals surface area contributed by atoms with Crippen molar-refractivity contribution in [2.45, 2.75) is 64.2 Å². The fourth-order valence-electron chi connectivity index (χ4n) is 3.40. The Morgan fingerprint density at radius 2 is 0.667 bits per heavy atom. The van der Waals surface area contributed by atoms with E-state index in [1.807, 2.05) is 0 Å². The molecule has 0 saturated carbocycles. The highest BCUT2D eigenvalue weighted by Crippen LogP contribution is 2.12. The minimum atomic E-state index is -1.10. The molecule has 0 spiro atoms. The number of amides is 4. The van der Waals surface area contributed by atoms with E-state index in [1.54, 1.807) is 0 Å². The van der Waals surface area contributed by atoms with E-state index in [2.05, 4.69) is 0 Å². The van der Waals surface area contributed by atoms with E-state index in [9.17, 15) is 28.8 Å². The van der Waals surface area contributed by atoms with Gasteiger partial charge < -0.3 is 29.8 Å². The summed E-state index contributed by atoms with van der Waals surface area (Å²) in [5.74, 6) is -3.33. The number of unbranched alkanes of at least 4 members (excludes halogenated alkanes) is 7. The Balaban J connectivity index is 3.82. The quantitative estimate of drug-likeness (QED) is 0.241. The van der Waals surface area contributed by atoms with Crippen LogP contribution in [0.2, 0.25) is 0 Å². The molecule has 0 rings (SSSR count). The molecular weight excluding hydrogens is 472 g/mol. The Kier molecular flexibility index (Phi) is 16.5. The fourth-order valence-corrected chi connectivity index (χ4v) is 3.40. The summed E-state index contributed by atoms with van der Waals surface area (Å²) in [6, 6.07) is 0. The first-order valence-electron chi connectivity index (χ1n) is 12.2. The Labute approximate surface area is 213 Å². The average Bonchev–Trinajstić information content (AvgIpc) is 2.78. The first-order valence-corrected chi connectivity index (χ1v) is 12.2. The molecule has 0 unspecified atom stereocenters. The van der Waals surface area contributed by atoms with Crippen molar-refractivity contribution >= 4 is 35.6 Å². The predicted octanol–water partition coefficient (Wildman–Crippen LogP) is 0.890. The summed E-state index contributed by atoms with van der Waals surface area (Å²) in [7, 11) is 5.85. The first kappa shape index (κ1) is 32.8. The molecule has 0 radical (unpaired) electrons. The van der Waals surface area contributed by atoms with E-state index in [1.165, 1.54) is 38.0 Å². The Morgan fingerprint density at radius 1 is 0.417 bits per heavy atom. The highest BCUT2D eigenvalue weighted by atomic mass is 16.4. The largest absolute Gasteiger partial charge is 0.480 e. The molecule has 12 heteroatoms. The van der Waals surface area contributed by atoms with Crippen molar-refractivity contribution in [3.8, 4) is 0 Å². The maximum atomic E-state index is 12.1. The molecule has 0 aliphatic carbocycles. The number of likely N-dealkylation sites (N-methyl/N-ethyl adjacent to an activating group) is 4. The molecule has 0 heterocycles. The second kappa shape index (κ2) is 18.1. The molecule has 2 N–H and O–H groups in total. The third-order valence-corrected chi connectivity index (χ3v) is 5.72. The van der Waals surface area contributed by atoms with Gasteiger partial charge in [-0.05, 0) is 12.8 Å². The molecule has 206 valence electrons. The van der Waals surface area contributed by atoms with Crippen molar-refractivity contribution in [1.82, 2.24) is 19.6 Å². The summed E-state index contributed by atoms with van der Waals surface area (Å²) in [5, 5.41) is 17.4. The van der Waals surface area contributed by atoms with Gasteiger partial charge in [-0.3, -0.25) is 28.8 Å². The van der Waals surface area contributed by atoms with Gasteiger partial charge in [0, 0.05) is 41.0 Å². The summed E-state index contributed by atoms with van der Waals surface area (Å²) in [5.41, 5.74) is 0. The number of carbonyl (C=O) groups excluding carboxylic acids is 4. The number of carboxylic acids is 2. The number of nitrogens with zero attached hydrogens (tertiary/aromatic N) is 4. The monoisotopic (exact) mass is 514 g/mol. The zero-order chi connectivity index (χ0) is 27.7. The van der Waals surface area contributed by atoms with Gasteiger partial charge in [0.25, 0.3) is 0 Å². The summed E-state index contributed by atoms with van der Waals surface area (Å²) < 4.78 is 0. The molecule has 0 fully saturated rings. The lowest BCUT2D eigenvalue weighted by Gasteiger charge is -2.21. The maximum Gasteiger partial charge on any atom is 0.323 e. The number of rotatable bonds is 19. The van der Waals surface area contributed by atoms with E-state index < -0.39 is 36.8 Å². The van der Waals surface area contributed by atoms with Crippen LogP contribution in [-0.2, 0) is 28.8 Å². The smallest absolute Gasteiger partial charge is 0.323 e. The van der Waals surface area contributed by atoms with Gasteiger partial charge in [0.15, 0.2) is 0 Å². The summed E-state index contributed by atoms with van der Waals surface area (Å²) in [6.07, 6.45) is 7.98. The highest BCUT2D eigenvalue weighted by Gasteiger charge is 2.18. The highest BCUT2D eigenvalue weighted by molar-refractivity contribution is 5.87. The third-order valence-electron chi connectivity index (χ3n) is 5.72. The lowest BCUT2D eigenvalue weighted by molar-refractivity contribution is -0.145. The van der Waals surface area contributed by atoms with Gasteiger partial charge in [0.1, 0.15) is 13.1 Å². The van der Waals surface area contributed by atoms with E-state index in [0.717, 1.165) is 61.2 Å². The molecule has 0 aromatic rings. The molecule has 4 amide bonds. The van der Waals surface area contributed by atoms with Gasteiger partial charge >= 0.3 is 11.9 Å². The van der Waals surface area contributed by atoms with Gasteiger partial charge in [-0.15, -0.1) is 0 Å². The van der Waals surface area contributed by atoms with E-state index in [0.29, 0.717) is 12.8 Å². The van der Waals surface area contributed by atoms with Crippen LogP contribution >= 0.6 is 0 Å². The van der Waals surface area contributed by atoms with Crippen LogP contribution in [-0.4, -0.2) is 120 Å². The van der Waals surface area contributed by atoms with Crippen LogP contribution in [0.4, 0.5) is 0 Å². The standard InChI is InChI=1S/C24H42N4O8/c1-25(15-21(31)27(3)17-23(33)34)19(29)13-11-9-7-5-6-8-10-12-14-20(30)26(2)16-22(32)28(4)18-24(35)36/h5-18H2,1-4H3,(H,33,34)(H,35,36). The zero-order valence-electron chi connectivity index (χ0n) is 22.0. The van der Waals surface area contributed by atoms with E-state index in [4.69, 9.17) is 10.2 Å². The molecular formula is C24H42N4O8. The number of hydrogen-bond acceptors (Lipinski definition) is 6. The molecule has 0 bridgehead atoms. The Hall–Kier alpha value is -3.18. The number of hydrogen-bond donors (Lipinski definition) is 2. The molecule has 0 aromatic heterocycles. The molecule has 0 saturated heterocycles. The second-order valence-corrected chi connectivity index (χ2v) is 9.12. The maximum absolute atomic E-state index is 12.1. The minimum absolute atomic E-state index is 0.140. The topological polar surface area (TPSA) is 156 Å². The van der Waals surface area contributed by atoms with Gasteiger partial charge in [0.2, 0.25) is 23.6 Å². The lowest BCUT2D eigenvalue weighted by Crippen LogP contribution is -2.41. The summed E-state index contributed by atoms with van der Waals surface area (Å²) >= 11 is 0. The van der Waals surface area contributed by atoms with Crippen LogP contribution in [0.15, 0.2) is 0 Å². The third kappa shape index (κ3) is 15.7. The Morgan fingerprint density at radius 3 is 0.944 bits per heavy atom. The van der Waals surface area contributed by atoms with Crippen molar-refractivity contribution in [3.63, 3.8) is 0 Å². The van der Waals surface area contributed by atoms with Crippen LogP contribution in [0.25, 0.3) is 0 Å². The molecule has 0 aromatic carbocycles. The van der Waals surface area contributed by atoms with Crippen LogP contribution < -0.4 is 0 Å². The van der Waals surface area contributed by atoms with Crippen LogP contribution in [0.5, 0.6) is 0 Å². The van der Waals surface area contributed by atoms with Crippen molar-refractivity contribution in [2.24, 2.45) is 0 Å². The molecule has 36 heavy (non-hydrogen) atoms. The van der Waals surface area contributed by atoms with Crippen molar-refractivity contribution in [2.75, 3.05) is 54.4 Å². The average molecular weight is 515 g/mol. The number of carbonyl (C=O) groups is 6. The van der Waals surface area contributed by atoms with E-state index >= 15 is 0 Å². The predicted molar refractivity (Wildman–Crippen MR) is 132 cm³/mol. The molecule has 0 atom stereocenters. The van der Waals surface area contributed by atoms with Crippen molar-refractivity contribution in [1.29, 1.82) is 0 Å². The van der Waals surface area contributed by atoms with Gasteiger partial charge in [-0.2, -0.15) is 0 Å². The van der Waals surface area contributed by atoms with Gasteiger partial charge in [0.05, 0.1) is 13.1 Å². The molecule has 0 aliphatic heterocycles. The summed E-state index contributed by atoms with van der Waals surface area (Å²) in [6.45, 7) is -1.08. The minimum Gasteiger partial charge on any atom is -0.480 e. The normalized spacial score (nSPS) is 10.4. The lowest BCUT2D eigenvalue weighted by atomic mass is 10.1. The van der Waals surface area contributed by atoms with Crippen molar-refractivity contribution in [3.05, 3.63) is 0 Å². The van der Waals surface area contributed by atoms with Gasteiger partial charge in [-0.25, -0.2) is 0 Å². The Bertz CT molecular complexity index is 696. The number of carboxylic acid groups (broad SMARTS) is 2.